The van der Waals surface area contributed by atoms with Crippen LogP contribution in [0.3, 0.4) is 0 Å². The summed E-state index contributed by atoms with van der Waals surface area (Å²) in [7, 11) is -5.46. The molecular weight excluding hydrogens is 405 g/mol. The lowest BCUT2D eigenvalue weighted by molar-refractivity contribution is -0.0436. The molecule has 0 spiro atoms. The maximum Gasteiger partial charge on any atom is 0.501 e. The minimum absolute atomic E-state index is 0.0807. The van der Waals surface area contributed by atoms with Crippen molar-refractivity contribution in [3.05, 3.63) is 28.2 Å². The molecule has 0 atom stereocenters. The van der Waals surface area contributed by atoms with Crippen molar-refractivity contribution in [2.75, 3.05) is 5.33 Å². The highest BCUT2D eigenvalue weighted by molar-refractivity contribution is 9.10. The fourth-order valence-electron chi connectivity index (χ4n) is 1.09. The smallest absolute Gasteiger partial charge is 0.293 e. The predicted molar refractivity (Wildman–Crippen MR) is 65.5 cm³/mol. The minimum Gasteiger partial charge on any atom is -0.293 e. The molecule has 0 amide bonds. The first kappa shape index (κ1) is 15.6. The van der Waals surface area contributed by atoms with E-state index in [2.05, 4.69) is 31.9 Å². The van der Waals surface area contributed by atoms with Crippen molar-refractivity contribution >= 4 is 47.5 Å². The van der Waals surface area contributed by atoms with Crippen molar-refractivity contribution in [1.82, 2.24) is 0 Å². The van der Waals surface area contributed by atoms with Gasteiger partial charge in [0.2, 0.25) is 0 Å². The van der Waals surface area contributed by atoms with Crippen LogP contribution >= 0.6 is 31.9 Å². The number of hydrogen-bond acceptors (Lipinski definition) is 3. The zero-order chi connectivity index (χ0) is 14.1. The van der Waals surface area contributed by atoms with Gasteiger partial charge in [0.25, 0.3) is 9.84 Å². The number of alkyl halides is 4. The third-order valence-electron chi connectivity index (χ3n) is 1.93. The molecule has 0 saturated heterocycles. The van der Waals surface area contributed by atoms with Gasteiger partial charge in [-0.05, 0) is 18.2 Å². The Hall–Kier alpha value is -0.410. The third-order valence-corrected chi connectivity index (χ3v) is 4.36. The van der Waals surface area contributed by atoms with Crippen LogP contribution in [0, 0.1) is 0 Å². The van der Waals surface area contributed by atoms with E-state index in [-0.39, 0.29) is 15.4 Å². The standard InChI is InChI=1S/C9H5Br2F3O3S/c10-4-8(15)5-1-6(11)3-7(2-5)18(16,17)9(12,13)14/h1-3H,4H2. The van der Waals surface area contributed by atoms with E-state index in [1.807, 2.05) is 0 Å². The Morgan fingerprint density at radius 1 is 1.22 bits per heavy atom. The normalized spacial score (nSPS) is 12.5. The summed E-state index contributed by atoms with van der Waals surface area (Å²) < 4.78 is 59.6. The van der Waals surface area contributed by atoms with Gasteiger partial charge in [0.05, 0.1) is 10.2 Å². The molecule has 1 aromatic carbocycles. The quantitative estimate of drug-likeness (QED) is 0.568. The summed E-state index contributed by atoms with van der Waals surface area (Å²) in [6.07, 6.45) is 0. The molecule has 0 radical (unpaired) electrons. The Morgan fingerprint density at radius 3 is 2.22 bits per heavy atom. The summed E-state index contributed by atoms with van der Waals surface area (Å²) in [4.78, 5) is 10.4. The molecule has 1 aromatic rings. The van der Waals surface area contributed by atoms with Crippen LogP contribution in [-0.4, -0.2) is 25.0 Å². The van der Waals surface area contributed by atoms with Gasteiger partial charge in [-0.2, -0.15) is 13.2 Å². The van der Waals surface area contributed by atoms with Crippen molar-refractivity contribution in [3.63, 3.8) is 0 Å². The minimum atomic E-state index is -5.46. The second kappa shape index (κ2) is 5.30. The van der Waals surface area contributed by atoms with Gasteiger partial charge in [-0.25, -0.2) is 8.42 Å². The van der Waals surface area contributed by atoms with E-state index in [1.165, 1.54) is 6.07 Å². The maximum absolute atomic E-state index is 12.4. The summed E-state index contributed by atoms with van der Waals surface area (Å²) in [6, 6.07) is 2.75. The second-order valence-electron chi connectivity index (χ2n) is 3.18. The third kappa shape index (κ3) is 3.12. The molecule has 100 valence electrons. The zero-order valence-electron chi connectivity index (χ0n) is 8.46. The molecular formula is C9H5Br2F3O3S. The Kier molecular flexibility index (Phi) is 4.60. The number of ketones is 1. The predicted octanol–water partition coefficient (Wildman–Crippen LogP) is 3.32. The second-order valence-corrected chi connectivity index (χ2v) is 6.60. The lowest BCUT2D eigenvalue weighted by Crippen LogP contribution is -2.23. The number of carbonyl (C=O) groups is 1. The van der Waals surface area contributed by atoms with Crippen LogP contribution in [0.15, 0.2) is 27.6 Å². The molecule has 0 bridgehead atoms. The Balaban J connectivity index is 3.45. The number of benzene rings is 1. The lowest BCUT2D eigenvalue weighted by Gasteiger charge is -2.09. The van der Waals surface area contributed by atoms with Gasteiger partial charge in [-0.3, -0.25) is 4.79 Å². The Morgan fingerprint density at radius 2 is 1.78 bits per heavy atom. The largest absolute Gasteiger partial charge is 0.501 e. The van der Waals surface area contributed by atoms with E-state index >= 15 is 0 Å². The first-order valence-corrected chi connectivity index (χ1v) is 7.70. The molecule has 9 heteroatoms. The molecule has 0 saturated carbocycles. The van der Waals surface area contributed by atoms with Crippen molar-refractivity contribution in [1.29, 1.82) is 0 Å². The number of carbonyl (C=O) groups excluding carboxylic acids is 1. The molecule has 3 nitrogen and oxygen atoms in total. The van der Waals surface area contributed by atoms with E-state index in [4.69, 9.17) is 0 Å². The van der Waals surface area contributed by atoms with E-state index in [0.29, 0.717) is 6.07 Å². The first-order chi connectivity index (χ1) is 8.09. The molecule has 0 aliphatic heterocycles. The van der Waals surface area contributed by atoms with Crippen LogP contribution in [0.1, 0.15) is 10.4 Å². The number of halogens is 5. The fourth-order valence-corrected chi connectivity index (χ4v) is 2.89. The molecule has 18 heavy (non-hydrogen) atoms. The van der Waals surface area contributed by atoms with Crippen molar-refractivity contribution in [2.45, 2.75) is 10.4 Å². The van der Waals surface area contributed by atoms with Gasteiger partial charge in [0.1, 0.15) is 0 Å². The van der Waals surface area contributed by atoms with Crippen molar-refractivity contribution < 1.29 is 26.4 Å². The average Bonchev–Trinajstić information content (AvgIpc) is 2.25. The molecule has 0 heterocycles. The summed E-state index contributed by atoms with van der Waals surface area (Å²) >= 11 is 5.72. The monoisotopic (exact) mass is 408 g/mol. The van der Waals surface area contributed by atoms with Gasteiger partial charge in [0.15, 0.2) is 5.78 Å². The fraction of sp³-hybridized carbons (Fsp3) is 0.222. The van der Waals surface area contributed by atoms with Crippen molar-refractivity contribution in [2.24, 2.45) is 0 Å². The van der Waals surface area contributed by atoms with Crippen LogP contribution in [0.4, 0.5) is 13.2 Å². The average molecular weight is 410 g/mol. The number of hydrogen-bond donors (Lipinski definition) is 0. The molecule has 0 fully saturated rings. The summed E-state index contributed by atoms with van der Waals surface area (Å²) in [6.45, 7) is 0. The van der Waals surface area contributed by atoms with Gasteiger partial charge >= 0.3 is 5.51 Å². The van der Waals surface area contributed by atoms with Gasteiger partial charge < -0.3 is 0 Å². The maximum atomic E-state index is 12.4. The van der Waals surface area contributed by atoms with Crippen LogP contribution in [0.25, 0.3) is 0 Å². The van der Waals surface area contributed by atoms with E-state index < -0.39 is 26.0 Å². The Bertz CT molecular complexity index is 581. The molecule has 0 aliphatic carbocycles. The van der Waals surface area contributed by atoms with E-state index in [1.54, 1.807) is 0 Å². The number of rotatable bonds is 3. The highest BCUT2D eigenvalue weighted by atomic mass is 79.9. The lowest BCUT2D eigenvalue weighted by atomic mass is 10.1. The number of Topliss-reactive ketones (excluding diaryl/α,β-unsaturated/α-hetero) is 1. The zero-order valence-corrected chi connectivity index (χ0v) is 12.5. The molecule has 0 aromatic heterocycles. The summed E-state index contributed by atoms with van der Waals surface area (Å²) in [5.41, 5.74) is -5.52. The van der Waals surface area contributed by atoms with Gasteiger partial charge in [-0.1, -0.05) is 31.9 Å². The molecule has 0 unspecified atom stereocenters. The van der Waals surface area contributed by atoms with Gasteiger partial charge in [-0.15, -0.1) is 0 Å². The van der Waals surface area contributed by atoms with Crippen LogP contribution in [0.2, 0.25) is 0 Å². The molecule has 0 N–H and O–H groups in total. The Labute approximate surface area is 118 Å². The highest BCUT2D eigenvalue weighted by Gasteiger charge is 2.47. The van der Waals surface area contributed by atoms with E-state index in [9.17, 15) is 26.4 Å². The summed E-state index contributed by atoms with van der Waals surface area (Å²) in [5.74, 6) is -0.519. The highest BCUT2D eigenvalue weighted by Crippen LogP contribution is 2.32. The molecule has 1 rings (SSSR count). The van der Waals surface area contributed by atoms with Crippen LogP contribution < -0.4 is 0 Å². The first-order valence-electron chi connectivity index (χ1n) is 4.30. The van der Waals surface area contributed by atoms with Crippen molar-refractivity contribution in [3.8, 4) is 0 Å². The van der Waals surface area contributed by atoms with Crippen LogP contribution in [-0.2, 0) is 9.84 Å². The topological polar surface area (TPSA) is 51.2 Å². The number of sulfone groups is 1. The van der Waals surface area contributed by atoms with Gasteiger partial charge in [0, 0.05) is 10.0 Å². The molecule has 0 aliphatic rings. The van der Waals surface area contributed by atoms with Crippen LogP contribution in [0.5, 0.6) is 0 Å². The SMILES string of the molecule is O=C(CBr)c1cc(Br)cc(S(=O)(=O)C(F)(F)F)c1. The summed E-state index contributed by atoms with van der Waals surface area (Å²) in [5, 5.41) is -0.116. The van der Waals surface area contributed by atoms with E-state index in [0.717, 1.165) is 6.07 Å².